The standard InChI is InChI=1S/C44H35N3O/c1-28-18-19-31-22-25-34(27-35(31)26-28)43-45-42(33-23-20-30(21-24-33)29-10-4-2-5-11-29)46-44(47-43)37-15-9-17-39-41(37)40-36(14-8-16-38(40)48-39)32-12-6-3-7-13-32/h3-4,6-25,28,34H,2,5,26-27H2,1H3. The van der Waals surface area contributed by atoms with E-state index in [0.29, 0.717) is 17.6 Å². The maximum Gasteiger partial charge on any atom is 0.164 e. The van der Waals surface area contributed by atoms with Crippen molar-refractivity contribution in [3.8, 4) is 33.9 Å². The number of aromatic nitrogens is 3. The van der Waals surface area contributed by atoms with Crippen molar-refractivity contribution in [2.75, 3.05) is 0 Å². The van der Waals surface area contributed by atoms with Crippen LogP contribution >= 0.6 is 0 Å². The SMILES string of the molecule is CC1C=CC2=C(C1)CC(c1nc(-c3ccc(C4=CCCC=C4)cc3)nc(-c3cccc4oc5cccc(-c6ccccc6)c5c34)n1)C=C2. The minimum absolute atomic E-state index is 0.0694. The lowest BCUT2D eigenvalue weighted by Gasteiger charge is -2.25. The van der Waals surface area contributed by atoms with E-state index in [2.05, 4.69) is 122 Å². The zero-order valence-corrected chi connectivity index (χ0v) is 26.9. The number of hydrogen-bond donors (Lipinski definition) is 0. The molecular weight excluding hydrogens is 587 g/mol. The van der Waals surface area contributed by atoms with Gasteiger partial charge in [-0.05, 0) is 71.6 Å². The smallest absolute Gasteiger partial charge is 0.164 e. The van der Waals surface area contributed by atoms with Crippen molar-refractivity contribution in [2.24, 2.45) is 5.92 Å². The van der Waals surface area contributed by atoms with Crippen LogP contribution < -0.4 is 0 Å². The van der Waals surface area contributed by atoms with Gasteiger partial charge in [-0.15, -0.1) is 0 Å². The Hall–Kier alpha value is -5.61. The zero-order chi connectivity index (χ0) is 32.0. The third-order valence-electron chi connectivity index (χ3n) is 9.86. The number of allylic oxidation sites excluding steroid dienone is 10. The van der Waals surface area contributed by atoms with Gasteiger partial charge in [0, 0.05) is 27.8 Å². The van der Waals surface area contributed by atoms with E-state index in [-0.39, 0.29) is 5.92 Å². The topological polar surface area (TPSA) is 51.8 Å². The largest absolute Gasteiger partial charge is 0.456 e. The van der Waals surface area contributed by atoms with Gasteiger partial charge in [-0.25, -0.2) is 15.0 Å². The molecule has 48 heavy (non-hydrogen) atoms. The number of benzene rings is 4. The van der Waals surface area contributed by atoms with Crippen molar-refractivity contribution in [3.05, 3.63) is 156 Å². The maximum absolute atomic E-state index is 6.47. The number of hydrogen-bond acceptors (Lipinski definition) is 4. The molecule has 2 aromatic heterocycles. The van der Waals surface area contributed by atoms with E-state index in [1.807, 2.05) is 18.2 Å². The van der Waals surface area contributed by atoms with Gasteiger partial charge in [-0.1, -0.05) is 134 Å². The van der Waals surface area contributed by atoms with Crippen LogP contribution in [0.15, 0.2) is 149 Å². The molecule has 2 heterocycles. The molecule has 232 valence electrons. The van der Waals surface area contributed by atoms with Gasteiger partial charge in [0.1, 0.15) is 17.0 Å². The molecule has 3 aliphatic rings. The summed E-state index contributed by atoms with van der Waals surface area (Å²) in [6.45, 7) is 2.29. The first-order valence-corrected chi connectivity index (χ1v) is 17.0. The molecule has 0 bridgehead atoms. The Bertz CT molecular complexity index is 2350. The van der Waals surface area contributed by atoms with Crippen LogP contribution in [0.1, 0.15) is 49.9 Å². The monoisotopic (exact) mass is 621 g/mol. The first kappa shape index (κ1) is 28.6. The fourth-order valence-electron chi connectivity index (χ4n) is 7.42. The molecule has 4 nitrogen and oxygen atoms in total. The third kappa shape index (κ3) is 5.14. The Kier molecular flexibility index (Phi) is 7.08. The van der Waals surface area contributed by atoms with Crippen molar-refractivity contribution < 1.29 is 4.42 Å². The Morgan fingerprint density at radius 1 is 0.604 bits per heavy atom. The van der Waals surface area contributed by atoms with Crippen molar-refractivity contribution in [2.45, 2.75) is 38.5 Å². The van der Waals surface area contributed by atoms with E-state index in [4.69, 9.17) is 19.4 Å². The summed E-state index contributed by atoms with van der Waals surface area (Å²) in [7, 11) is 0. The summed E-state index contributed by atoms with van der Waals surface area (Å²) in [4.78, 5) is 15.6. The van der Waals surface area contributed by atoms with Crippen molar-refractivity contribution >= 4 is 27.5 Å². The Morgan fingerprint density at radius 2 is 1.33 bits per heavy atom. The lowest BCUT2D eigenvalue weighted by Crippen LogP contribution is -2.13. The molecule has 0 saturated heterocycles. The van der Waals surface area contributed by atoms with E-state index in [0.717, 1.165) is 75.7 Å². The quantitative estimate of drug-likeness (QED) is 0.192. The molecule has 9 rings (SSSR count). The molecule has 4 heteroatoms. The number of nitrogens with zero attached hydrogens (tertiary/aromatic N) is 3. The number of furan rings is 1. The van der Waals surface area contributed by atoms with Crippen LogP contribution in [0, 0.1) is 5.92 Å². The van der Waals surface area contributed by atoms with E-state index in [9.17, 15) is 0 Å². The summed E-state index contributed by atoms with van der Waals surface area (Å²) in [5.74, 6) is 2.76. The van der Waals surface area contributed by atoms with E-state index < -0.39 is 0 Å². The zero-order valence-electron chi connectivity index (χ0n) is 26.9. The highest BCUT2D eigenvalue weighted by Crippen LogP contribution is 2.42. The second-order valence-corrected chi connectivity index (χ2v) is 13.2. The fraction of sp³-hybridized carbons (Fsp3) is 0.159. The van der Waals surface area contributed by atoms with Crippen LogP contribution in [-0.2, 0) is 0 Å². The molecule has 0 spiro atoms. The van der Waals surface area contributed by atoms with Crippen LogP contribution in [0.4, 0.5) is 0 Å². The van der Waals surface area contributed by atoms with Gasteiger partial charge in [0.25, 0.3) is 0 Å². The molecule has 0 N–H and O–H groups in total. The Morgan fingerprint density at radius 3 is 2.12 bits per heavy atom. The second kappa shape index (κ2) is 11.9. The lowest BCUT2D eigenvalue weighted by atomic mass is 9.81. The van der Waals surface area contributed by atoms with Crippen LogP contribution in [0.5, 0.6) is 0 Å². The summed E-state index contributed by atoms with van der Waals surface area (Å²) in [5.41, 5.74) is 11.2. The molecule has 6 aromatic rings. The fourth-order valence-corrected chi connectivity index (χ4v) is 7.42. The minimum atomic E-state index is 0.0694. The molecule has 0 radical (unpaired) electrons. The van der Waals surface area contributed by atoms with Gasteiger partial charge in [0.2, 0.25) is 0 Å². The summed E-state index contributed by atoms with van der Waals surface area (Å²) >= 11 is 0. The van der Waals surface area contributed by atoms with Gasteiger partial charge in [-0.3, -0.25) is 0 Å². The van der Waals surface area contributed by atoms with E-state index in [1.54, 1.807) is 0 Å². The highest BCUT2D eigenvalue weighted by molar-refractivity contribution is 6.17. The Labute approximate surface area is 280 Å². The summed E-state index contributed by atoms with van der Waals surface area (Å²) in [6.07, 6.45) is 20.1. The molecule has 0 saturated carbocycles. The maximum atomic E-state index is 6.47. The third-order valence-corrected chi connectivity index (χ3v) is 9.86. The molecule has 2 unspecified atom stereocenters. The molecule has 0 amide bonds. The average Bonchev–Trinajstić information content (AvgIpc) is 3.54. The Balaban J connectivity index is 1.22. The van der Waals surface area contributed by atoms with Crippen molar-refractivity contribution in [1.82, 2.24) is 15.0 Å². The predicted molar refractivity (Wildman–Crippen MR) is 196 cm³/mol. The number of rotatable bonds is 5. The van der Waals surface area contributed by atoms with Crippen LogP contribution in [0.2, 0.25) is 0 Å². The molecular formula is C44H35N3O. The van der Waals surface area contributed by atoms with Crippen molar-refractivity contribution in [1.29, 1.82) is 0 Å². The van der Waals surface area contributed by atoms with Gasteiger partial charge in [0.15, 0.2) is 11.6 Å². The summed E-state index contributed by atoms with van der Waals surface area (Å²) in [5, 5.41) is 2.10. The molecule has 3 aliphatic carbocycles. The van der Waals surface area contributed by atoms with E-state index in [1.165, 1.54) is 22.3 Å². The van der Waals surface area contributed by atoms with Crippen LogP contribution in [0.25, 0.3) is 61.4 Å². The molecule has 0 fully saturated rings. The molecule has 2 atom stereocenters. The van der Waals surface area contributed by atoms with Gasteiger partial charge >= 0.3 is 0 Å². The van der Waals surface area contributed by atoms with Gasteiger partial charge in [-0.2, -0.15) is 0 Å². The minimum Gasteiger partial charge on any atom is -0.456 e. The normalized spacial score (nSPS) is 18.8. The molecule has 0 aliphatic heterocycles. The average molecular weight is 622 g/mol. The number of fused-ring (bicyclic) bond motifs is 3. The second-order valence-electron chi connectivity index (χ2n) is 13.2. The molecule has 4 aromatic carbocycles. The predicted octanol–water partition coefficient (Wildman–Crippen LogP) is 11.4. The first-order valence-electron chi connectivity index (χ1n) is 17.0. The van der Waals surface area contributed by atoms with Crippen LogP contribution in [-0.4, -0.2) is 15.0 Å². The highest BCUT2D eigenvalue weighted by Gasteiger charge is 2.25. The van der Waals surface area contributed by atoms with Crippen LogP contribution in [0.3, 0.4) is 0 Å². The van der Waals surface area contributed by atoms with Gasteiger partial charge in [0.05, 0.1) is 0 Å². The summed E-state index contributed by atoms with van der Waals surface area (Å²) in [6, 6.07) is 31.7. The summed E-state index contributed by atoms with van der Waals surface area (Å²) < 4.78 is 6.47. The lowest BCUT2D eigenvalue weighted by molar-refractivity contribution is 0.636. The highest BCUT2D eigenvalue weighted by atomic mass is 16.3. The first-order chi connectivity index (χ1) is 23.7. The van der Waals surface area contributed by atoms with E-state index >= 15 is 0 Å². The van der Waals surface area contributed by atoms with Crippen molar-refractivity contribution in [3.63, 3.8) is 0 Å². The van der Waals surface area contributed by atoms with Gasteiger partial charge < -0.3 is 4.42 Å².